The molecule has 78 valence electrons. The molecular weight excluding hydrogens is 181 g/mol. The second-order valence-electron chi connectivity index (χ2n) is 3.37. The fraction of sp³-hybridized carbons (Fsp3) is 0.455. The van der Waals surface area contributed by atoms with Gasteiger partial charge in [0.25, 0.3) is 0 Å². The molecule has 0 aromatic heterocycles. The third-order valence-corrected chi connectivity index (χ3v) is 2.34. The number of nitrogens with two attached hydrogens (primary N) is 1. The van der Waals surface area contributed by atoms with Crippen LogP contribution in [0.15, 0.2) is 18.2 Å². The molecule has 2 nitrogen and oxygen atoms in total. The lowest BCUT2D eigenvalue weighted by Crippen LogP contribution is -2.05. The Labute approximate surface area is 83.9 Å². The van der Waals surface area contributed by atoms with Crippen molar-refractivity contribution in [2.75, 3.05) is 13.7 Å². The Hall–Kier alpha value is -1.09. The van der Waals surface area contributed by atoms with Crippen LogP contribution in [0.1, 0.15) is 24.8 Å². The van der Waals surface area contributed by atoms with Crippen LogP contribution in [0.2, 0.25) is 0 Å². The minimum atomic E-state index is -0.311. The summed E-state index contributed by atoms with van der Waals surface area (Å²) in [5, 5.41) is 0. The van der Waals surface area contributed by atoms with Crippen LogP contribution in [0.25, 0.3) is 0 Å². The van der Waals surface area contributed by atoms with E-state index in [4.69, 9.17) is 10.5 Å². The number of rotatable bonds is 4. The molecule has 2 N–H and O–H groups in total. The molecule has 0 heterocycles. The molecule has 0 saturated heterocycles. The van der Waals surface area contributed by atoms with E-state index in [9.17, 15) is 4.39 Å². The zero-order valence-electron chi connectivity index (χ0n) is 8.59. The van der Waals surface area contributed by atoms with Crippen molar-refractivity contribution < 1.29 is 9.13 Å². The zero-order chi connectivity index (χ0) is 10.6. The molecule has 0 aliphatic rings. The Balaban J connectivity index is 2.85. The summed E-state index contributed by atoms with van der Waals surface area (Å²) >= 11 is 0. The van der Waals surface area contributed by atoms with E-state index >= 15 is 0 Å². The first-order chi connectivity index (χ1) is 6.69. The van der Waals surface area contributed by atoms with E-state index in [1.165, 1.54) is 13.2 Å². The van der Waals surface area contributed by atoms with Crippen LogP contribution in [0.5, 0.6) is 5.75 Å². The lowest BCUT2D eigenvalue weighted by molar-refractivity contribution is 0.386. The highest BCUT2D eigenvalue weighted by molar-refractivity contribution is 5.30. The molecule has 0 bridgehead atoms. The summed E-state index contributed by atoms with van der Waals surface area (Å²) in [6.45, 7) is 2.66. The molecule has 1 unspecified atom stereocenters. The second-order valence-corrected chi connectivity index (χ2v) is 3.37. The highest BCUT2D eigenvalue weighted by atomic mass is 19.1. The molecule has 0 fully saturated rings. The van der Waals surface area contributed by atoms with Crippen molar-refractivity contribution in [3.05, 3.63) is 29.6 Å². The van der Waals surface area contributed by atoms with Gasteiger partial charge in [0.15, 0.2) is 11.6 Å². The molecule has 1 atom stereocenters. The van der Waals surface area contributed by atoms with E-state index in [0.717, 1.165) is 12.0 Å². The van der Waals surface area contributed by atoms with Crippen molar-refractivity contribution in [1.82, 2.24) is 0 Å². The summed E-state index contributed by atoms with van der Waals surface area (Å²) in [5.41, 5.74) is 6.41. The Bertz CT molecular complexity index is 301. The molecule has 1 aromatic carbocycles. The molecule has 0 aliphatic carbocycles. The first-order valence-corrected chi connectivity index (χ1v) is 4.72. The van der Waals surface area contributed by atoms with Crippen LogP contribution in [-0.2, 0) is 0 Å². The van der Waals surface area contributed by atoms with E-state index < -0.39 is 0 Å². The molecule has 1 rings (SSSR count). The van der Waals surface area contributed by atoms with Crippen LogP contribution >= 0.6 is 0 Å². The van der Waals surface area contributed by atoms with E-state index in [0.29, 0.717) is 12.5 Å². The van der Waals surface area contributed by atoms with Crippen molar-refractivity contribution in [3.8, 4) is 5.75 Å². The minimum absolute atomic E-state index is 0.286. The quantitative estimate of drug-likeness (QED) is 0.803. The molecule has 3 heteroatoms. The Kier molecular flexibility index (Phi) is 3.89. The number of methoxy groups -OCH3 is 1. The normalized spacial score (nSPS) is 12.6. The van der Waals surface area contributed by atoms with Crippen LogP contribution in [0, 0.1) is 5.82 Å². The summed E-state index contributed by atoms with van der Waals surface area (Å²) < 4.78 is 18.1. The zero-order valence-corrected chi connectivity index (χ0v) is 8.59. The van der Waals surface area contributed by atoms with Gasteiger partial charge in [0.1, 0.15) is 0 Å². The molecular formula is C11H16FNO. The first-order valence-electron chi connectivity index (χ1n) is 4.72. The molecule has 0 radical (unpaired) electrons. The smallest absolute Gasteiger partial charge is 0.165 e. The van der Waals surface area contributed by atoms with Gasteiger partial charge in [0.05, 0.1) is 7.11 Å². The molecule has 0 spiro atoms. The average molecular weight is 197 g/mol. The van der Waals surface area contributed by atoms with E-state index in [2.05, 4.69) is 0 Å². The van der Waals surface area contributed by atoms with Crippen LogP contribution in [-0.4, -0.2) is 13.7 Å². The largest absolute Gasteiger partial charge is 0.494 e. The predicted octanol–water partition coefficient (Wildman–Crippen LogP) is 2.29. The van der Waals surface area contributed by atoms with Gasteiger partial charge in [-0.2, -0.15) is 0 Å². The maximum atomic E-state index is 13.3. The highest BCUT2D eigenvalue weighted by Gasteiger charge is 2.08. The SMILES string of the molecule is COc1ccc(C(C)CCN)cc1F. The topological polar surface area (TPSA) is 35.2 Å². The standard InChI is InChI=1S/C11H16FNO/c1-8(5-6-13)9-3-4-11(14-2)10(12)7-9/h3-4,7-8H,5-6,13H2,1-2H3. The summed E-state index contributed by atoms with van der Waals surface area (Å²) in [5.74, 6) is 0.267. The Morgan fingerprint density at radius 1 is 1.50 bits per heavy atom. The fourth-order valence-electron chi connectivity index (χ4n) is 1.41. The average Bonchev–Trinajstić information content (AvgIpc) is 2.18. The molecule has 0 saturated carbocycles. The number of ether oxygens (including phenoxy) is 1. The summed E-state index contributed by atoms with van der Waals surface area (Å²) in [6.07, 6.45) is 0.867. The Morgan fingerprint density at radius 2 is 2.21 bits per heavy atom. The van der Waals surface area contributed by atoms with Crippen molar-refractivity contribution in [2.45, 2.75) is 19.3 Å². The summed E-state index contributed by atoms with van der Waals surface area (Å²) in [7, 11) is 1.46. The van der Waals surface area contributed by atoms with Gasteiger partial charge in [-0.3, -0.25) is 0 Å². The van der Waals surface area contributed by atoms with Crippen molar-refractivity contribution in [1.29, 1.82) is 0 Å². The molecule has 1 aromatic rings. The van der Waals surface area contributed by atoms with E-state index in [1.807, 2.05) is 13.0 Å². The predicted molar refractivity (Wildman–Crippen MR) is 55.0 cm³/mol. The van der Waals surface area contributed by atoms with Crippen molar-refractivity contribution >= 4 is 0 Å². The maximum Gasteiger partial charge on any atom is 0.165 e. The van der Waals surface area contributed by atoms with Gasteiger partial charge >= 0.3 is 0 Å². The number of hydrogen-bond donors (Lipinski definition) is 1. The Morgan fingerprint density at radius 3 is 2.71 bits per heavy atom. The number of halogens is 1. The third kappa shape index (κ3) is 2.45. The maximum absolute atomic E-state index is 13.3. The minimum Gasteiger partial charge on any atom is -0.494 e. The van der Waals surface area contributed by atoms with Gasteiger partial charge in [-0.25, -0.2) is 4.39 Å². The lowest BCUT2D eigenvalue weighted by atomic mass is 9.98. The van der Waals surface area contributed by atoms with Crippen molar-refractivity contribution in [2.24, 2.45) is 5.73 Å². The van der Waals surface area contributed by atoms with Gasteiger partial charge < -0.3 is 10.5 Å². The number of hydrogen-bond acceptors (Lipinski definition) is 2. The van der Waals surface area contributed by atoms with Gasteiger partial charge in [-0.15, -0.1) is 0 Å². The lowest BCUT2D eigenvalue weighted by Gasteiger charge is -2.11. The highest BCUT2D eigenvalue weighted by Crippen LogP contribution is 2.24. The van der Waals surface area contributed by atoms with Crippen molar-refractivity contribution in [3.63, 3.8) is 0 Å². The molecule has 0 aliphatic heterocycles. The van der Waals surface area contributed by atoms with Gasteiger partial charge in [0.2, 0.25) is 0 Å². The monoisotopic (exact) mass is 197 g/mol. The number of benzene rings is 1. The molecule has 0 amide bonds. The van der Waals surface area contributed by atoms with Crippen LogP contribution < -0.4 is 10.5 Å². The third-order valence-electron chi connectivity index (χ3n) is 2.34. The summed E-state index contributed by atoms with van der Waals surface area (Å²) in [4.78, 5) is 0. The van der Waals surface area contributed by atoms with Crippen LogP contribution in [0.3, 0.4) is 0 Å². The molecule has 14 heavy (non-hydrogen) atoms. The van der Waals surface area contributed by atoms with E-state index in [-0.39, 0.29) is 11.6 Å². The van der Waals surface area contributed by atoms with E-state index in [1.54, 1.807) is 6.07 Å². The second kappa shape index (κ2) is 4.96. The first kappa shape index (κ1) is 11.0. The van der Waals surface area contributed by atoms with Gasteiger partial charge in [-0.05, 0) is 36.6 Å². The van der Waals surface area contributed by atoms with Gasteiger partial charge in [-0.1, -0.05) is 13.0 Å². The fourth-order valence-corrected chi connectivity index (χ4v) is 1.41. The van der Waals surface area contributed by atoms with Crippen LogP contribution in [0.4, 0.5) is 4.39 Å². The summed E-state index contributed by atoms with van der Waals surface area (Å²) in [6, 6.07) is 5.04. The van der Waals surface area contributed by atoms with Gasteiger partial charge in [0, 0.05) is 0 Å².